The topological polar surface area (TPSA) is 93.1 Å². The van der Waals surface area contributed by atoms with Crippen LogP contribution < -0.4 is 0 Å². The van der Waals surface area contributed by atoms with Gasteiger partial charge in [-0.05, 0) is 13.8 Å². The average molecular weight is 192 g/mol. The summed E-state index contributed by atoms with van der Waals surface area (Å²) in [6.07, 6.45) is -1.83. The van der Waals surface area contributed by atoms with Crippen molar-refractivity contribution in [2.24, 2.45) is 0 Å². The molecule has 0 saturated carbocycles. The van der Waals surface area contributed by atoms with Crippen LogP contribution in [0, 0.1) is 0 Å². The first-order chi connectivity index (χ1) is 5.93. The maximum atomic E-state index is 10.0. The van der Waals surface area contributed by atoms with Gasteiger partial charge in [-0.25, -0.2) is 9.59 Å². The molecule has 0 spiro atoms. The number of hydrogen-bond donors (Lipinski definition) is 2. The molecule has 2 unspecified atom stereocenters. The van der Waals surface area contributed by atoms with E-state index in [2.05, 4.69) is 9.47 Å². The highest BCUT2D eigenvalue weighted by molar-refractivity contribution is 5.71. The Labute approximate surface area is 75.1 Å². The minimum absolute atomic E-state index is 0.0486. The number of carboxylic acids is 1. The molecule has 0 amide bonds. The van der Waals surface area contributed by atoms with E-state index in [4.69, 9.17) is 10.2 Å². The largest absolute Gasteiger partial charge is 0.508 e. The smallest absolute Gasteiger partial charge is 0.479 e. The normalized spacial score (nSPS) is 22.1. The lowest BCUT2D eigenvalue weighted by Crippen LogP contribution is -2.13. The molecule has 1 aliphatic heterocycles. The lowest BCUT2D eigenvalue weighted by molar-refractivity contribution is -0.145. The van der Waals surface area contributed by atoms with Gasteiger partial charge in [-0.15, -0.1) is 0 Å². The first kappa shape index (κ1) is 11.7. The van der Waals surface area contributed by atoms with Crippen LogP contribution >= 0.6 is 0 Å². The molecule has 0 radical (unpaired) electrons. The van der Waals surface area contributed by atoms with E-state index in [1.54, 1.807) is 6.92 Å². The van der Waals surface area contributed by atoms with E-state index in [1.807, 2.05) is 0 Å². The van der Waals surface area contributed by atoms with E-state index in [1.165, 1.54) is 6.92 Å². The minimum Gasteiger partial charge on any atom is -0.479 e. The zero-order chi connectivity index (χ0) is 10.4. The highest BCUT2D eigenvalue weighted by Gasteiger charge is 2.19. The third-order valence-corrected chi connectivity index (χ3v) is 1.09. The standard InChI is InChI=1S/C4H6O3.C3H6O3/c1-3-2-6-4(5)7-3;1-2(4)3(5)6/h3H,2H2,1H3;2,4H,1H3,(H,5,6). The van der Waals surface area contributed by atoms with Gasteiger partial charge in [-0.2, -0.15) is 0 Å². The van der Waals surface area contributed by atoms with Crippen molar-refractivity contribution in [3.63, 3.8) is 0 Å². The van der Waals surface area contributed by atoms with Gasteiger partial charge in [0.05, 0.1) is 0 Å². The molecule has 1 heterocycles. The number of carbonyl (C=O) groups is 2. The van der Waals surface area contributed by atoms with Crippen LogP contribution in [0.3, 0.4) is 0 Å². The van der Waals surface area contributed by atoms with E-state index >= 15 is 0 Å². The van der Waals surface area contributed by atoms with E-state index in [0.717, 1.165) is 0 Å². The Bertz CT molecular complexity index is 187. The zero-order valence-corrected chi connectivity index (χ0v) is 7.39. The van der Waals surface area contributed by atoms with Crippen LogP contribution in [0.2, 0.25) is 0 Å². The first-order valence-corrected chi connectivity index (χ1v) is 3.67. The van der Waals surface area contributed by atoms with Crippen LogP contribution in [0.5, 0.6) is 0 Å². The summed E-state index contributed by atoms with van der Waals surface area (Å²) in [5.41, 5.74) is 0. The monoisotopic (exact) mass is 192 g/mol. The number of rotatable bonds is 1. The Balaban J connectivity index is 0.000000226. The molecule has 1 fully saturated rings. The van der Waals surface area contributed by atoms with Gasteiger partial charge in [-0.3, -0.25) is 0 Å². The van der Waals surface area contributed by atoms with Gasteiger partial charge in [0, 0.05) is 0 Å². The molecule has 6 nitrogen and oxygen atoms in total. The van der Waals surface area contributed by atoms with Crippen LogP contribution in [0.15, 0.2) is 0 Å². The maximum Gasteiger partial charge on any atom is 0.508 e. The van der Waals surface area contributed by atoms with Crippen LogP contribution in [0.25, 0.3) is 0 Å². The molecule has 0 bridgehead atoms. The Morgan fingerprint density at radius 3 is 2.23 bits per heavy atom. The maximum absolute atomic E-state index is 10.0. The summed E-state index contributed by atoms with van der Waals surface area (Å²) in [4.78, 5) is 19.5. The number of hydrogen-bond acceptors (Lipinski definition) is 5. The third-order valence-electron chi connectivity index (χ3n) is 1.09. The lowest BCUT2D eigenvalue weighted by atomic mass is 10.4. The summed E-state index contributed by atoms with van der Waals surface area (Å²) in [5, 5.41) is 15.8. The van der Waals surface area contributed by atoms with Crippen LogP contribution in [0.1, 0.15) is 13.8 Å². The molecule has 0 aromatic carbocycles. The van der Waals surface area contributed by atoms with E-state index < -0.39 is 18.2 Å². The predicted molar refractivity (Wildman–Crippen MR) is 41.2 cm³/mol. The van der Waals surface area contributed by atoms with Crippen molar-refractivity contribution in [3.8, 4) is 0 Å². The van der Waals surface area contributed by atoms with Gasteiger partial charge >= 0.3 is 12.1 Å². The molecule has 1 rings (SSSR count). The van der Waals surface area contributed by atoms with Crippen LogP contribution in [0.4, 0.5) is 4.79 Å². The van der Waals surface area contributed by atoms with Gasteiger partial charge in [0.25, 0.3) is 0 Å². The summed E-state index contributed by atoms with van der Waals surface area (Å²) in [6, 6.07) is 0. The number of aliphatic hydroxyl groups is 1. The number of carboxylic acid groups (broad SMARTS) is 1. The van der Waals surface area contributed by atoms with Crippen molar-refractivity contribution >= 4 is 12.1 Å². The Morgan fingerprint density at radius 2 is 2.15 bits per heavy atom. The van der Waals surface area contributed by atoms with Crippen molar-refractivity contribution in [3.05, 3.63) is 0 Å². The first-order valence-electron chi connectivity index (χ1n) is 3.67. The molecule has 1 saturated heterocycles. The minimum atomic E-state index is -1.23. The fourth-order valence-corrected chi connectivity index (χ4v) is 0.418. The number of carbonyl (C=O) groups excluding carboxylic acids is 1. The molecule has 6 heteroatoms. The number of aliphatic carboxylic acids is 1. The van der Waals surface area contributed by atoms with Crippen molar-refractivity contribution in [2.75, 3.05) is 6.61 Å². The van der Waals surface area contributed by atoms with Crippen LogP contribution in [-0.4, -0.2) is 41.2 Å². The number of cyclic esters (lactones) is 2. The molecule has 2 atom stereocenters. The molecule has 13 heavy (non-hydrogen) atoms. The molecule has 0 aromatic heterocycles. The van der Waals surface area contributed by atoms with Crippen LogP contribution in [-0.2, 0) is 14.3 Å². The number of aliphatic hydroxyl groups excluding tert-OH is 1. The van der Waals surface area contributed by atoms with Crippen molar-refractivity contribution < 1.29 is 29.3 Å². The molecule has 0 aliphatic carbocycles. The van der Waals surface area contributed by atoms with Gasteiger partial charge in [0.2, 0.25) is 0 Å². The second-order valence-electron chi connectivity index (χ2n) is 2.50. The van der Waals surface area contributed by atoms with Crippen molar-refractivity contribution in [1.29, 1.82) is 0 Å². The fraction of sp³-hybridized carbons (Fsp3) is 0.714. The Hall–Kier alpha value is -1.30. The second kappa shape index (κ2) is 5.36. The summed E-state index contributed by atoms with van der Waals surface area (Å²) >= 11 is 0. The summed E-state index contributed by atoms with van der Waals surface area (Å²) < 4.78 is 8.90. The van der Waals surface area contributed by atoms with Gasteiger partial charge in [-0.1, -0.05) is 0 Å². The third kappa shape index (κ3) is 5.92. The Kier molecular flexibility index (Phi) is 4.83. The summed E-state index contributed by atoms with van der Waals surface area (Å²) in [7, 11) is 0. The molecular formula is C7H12O6. The van der Waals surface area contributed by atoms with E-state index in [0.29, 0.717) is 6.61 Å². The van der Waals surface area contributed by atoms with Gasteiger partial charge in [0.15, 0.2) is 0 Å². The zero-order valence-electron chi connectivity index (χ0n) is 7.39. The molecular weight excluding hydrogens is 180 g/mol. The summed E-state index contributed by atoms with van der Waals surface area (Å²) in [6.45, 7) is 3.38. The second-order valence-corrected chi connectivity index (χ2v) is 2.50. The van der Waals surface area contributed by atoms with Crippen molar-refractivity contribution in [1.82, 2.24) is 0 Å². The lowest BCUT2D eigenvalue weighted by Gasteiger charge is -1.90. The highest BCUT2D eigenvalue weighted by atomic mass is 16.8. The molecule has 2 N–H and O–H groups in total. The SMILES string of the molecule is CC(O)C(=O)O.CC1COC(=O)O1. The van der Waals surface area contributed by atoms with E-state index in [-0.39, 0.29) is 6.10 Å². The average Bonchev–Trinajstić information content (AvgIpc) is 2.35. The fourth-order valence-electron chi connectivity index (χ4n) is 0.418. The number of ether oxygens (including phenoxy) is 2. The predicted octanol–water partition coefficient (Wildman–Crippen LogP) is -0.00650. The van der Waals surface area contributed by atoms with Gasteiger partial charge in [0.1, 0.15) is 18.8 Å². The summed E-state index contributed by atoms with van der Waals surface area (Å²) in [5.74, 6) is -1.19. The van der Waals surface area contributed by atoms with Crippen molar-refractivity contribution in [2.45, 2.75) is 26.1 Å². The molecule has 0 aromatic rings. The quantitative estimate of drug-likeness (QED) is 0.568. The Morgan fingerprint density at radius 1 is 1.69 bits per heavy atom. The highest BCUT2D eigenvalue weighted by Crippen LogP contribution is 2.02. The molecule has 76 valence electrons. The van der Waals surface area contributed by atoms with E-state index in [9.17, 15) is 9.59 Å². The molecule has 1 aliphatic rings. The van der Waals surface area contributed by atoms with Gasteiger partial charge < -0.3 is 19.7 Å².